The van der Waals surface area contributed by atoms with Crippen molar-refractivity contribution in [1.82, 2.24) is 4.90 Å². The number of hydrogen-bond acceptors (Lipinski definition) is 4. The lowest BCUT2D eigenvalue weighted by Crippen LogP contribution is -2.18. The summed E-state index contributed by atoms with van der Waals surface area (Å²) >= 11 is 0. The van der Waals surface area contributed by atoms with Gasteiger partial charge in [-0.3, -0.25) is 15.0 Å². The van der Waals surface area contributed by atoms with Crippen LogP contribution in [0.15, 0.2) is 18.2 Å². The molecule has 0 aromatic heterocycles. The Morgan fingerprint density at radius 2 is 2.12 bits per heavy atom. The van der Waals surface area contributed by atoms with Gasteiger partial charge < -0.3 is 5.32 Å². The number of rotatable bonds is 4. The van der Waals surface area contributed by atoms with Gasteiger partial charge in [0.05, 0.1) is 4.92 Å². The molecule has 5 nitrogen and oxygen atoms in total. The van der Waals surface area contributed by atoms with Crippen LogP contribution >= 0.6 is 0 Å². The summed E-state index contributed by atoms with van der Waals surface area (Å²) in [4.78, 5) is 12.8. The Morgan fingerprint density at radius 3 is 2.71 bits per heavy atom. The minimum absolute atomic E-state index is 0.137. The first-order valence-corrected chi connectivity index (χ1v) is 5.88. The van der Waals surface area contributed by atoms with Crippen LogP contribution in [0, 0.1) is 10.1 Å². The quantitative estimate of drug-likeness (QED) is 0.642. The lowest BCUT2D eigenvalue weighted by atomic mass is 10.1. The second-order valence-electron chi connectivity index (χ2n) is 4.34. The molecule has 2 rings (SSSR count). The number of benzene rings is 1. The highest BCUT2D eigenvalue weighted by Crippen LogP contribution is 2.26. The van der Waals surface area contributed by atoms with Crippen molar-refractivity contribution >= 4 is 11.4 Å². The molecule has 1 heterocycles. The minimum atomic E-state index is -0.356. The molecule has 1 aromatic carbocycles. The van der Waals surface area contributed by atoms with Crippen molar-refractivity contribution in [2.45, 2.75) is 19.4 Å². The Balaban J connectivity index is 2.15. The summed E-state index contributed by atoms with van der Waals surface area (Å²) in [6.45, 7) is 3.14. The highest BCUT2D eigenvalue weighted by molar-refractivity contribution is 5.62. The van der Waals surface area contributed by atoms with Gasteiger partial charge in [0.2, 0.25) is 0 Å². The Labute approximate surface area is 101 Å². The topological polar surface area (TPSA) is 58.4 Å². The summed E-state index contributed by atoms with van der Waals surface area (Å²) in [6, 6.07) is 5.30. The van der Waals surface area contributed by atoms with Gasteiger partial charge >= 0.3 is 0 Å². The normalized spacial score (nSPS) is 16.1. The van der Waals surface area contributed by atoms with E-state index in [1.54, 1.807) is 13.1 Å². The zero-order chi connectivity index (χ0) is 12.3. The summed E-state index contributed by atoms with van der Waals surface area (Å²) in [7, 11) is 1.71. The minimum Gasteiger partial charge on any atom is -0.383 e. The van der Waals surface area contributed by atoms with E-state index in [1.165, 1.54) is 12.8 Å². The summed E-state index contributed by atoms with van der Waals surface area (Å²) in [5.74, 6) is 0. The van der Waals surface area contributed by atoms with Gasteiger partial charge in [0, 0.05) is 19.7 Å². The molecule has 5 heteroatoms. The van der Waals surface area contributed by atoms with Crippen LogP contribution in [-0.2, 0) is 6.54 Å². The van der Waals surface area contributed by atoms with E-state index in [0.717, 1.165) is 25.2 Å². The fraction of sp³-hybridized carbons (Fsp3) is 0.500. The molecule has 0 aliphatic carbocycles. The standard InChI is InChI=1S/C12H17N3O2/c1-13-11-8-10(4-5-12(11)15(16)17)9-14-6-2-3-7-14/h4-5,8,13H,2-3,6-7,9H2,1H3. The maximum atomic E-state index is 10.8. The monoisotopic (exact) mass is 235 g/mol. The molecule has 0 spiro atoms. The highest BCUT2D eigenvalue weighted by Gasteiger charge is 2.15. The van der Waals surface area contributed by atoms with Crippen molar-refractivity contribution in [3.63, 3.8) is 0 Å². The number of nitrogens with one attached hydrogen (secondary N) is 1. The summed E-state index contributed by atoms with van der Waals surface area (Å²) in [5, 5.41) is 13.7. The van der Waals surface area contributed by atoms with E-state index in [2.05, 4.69) is 10.2 Å². The van der Waals surface area contributed by atoms with Crippen molar-refractivity contribution < 1.29 is 4.92 Å². The van der Waals surface area contributed by atoms with Crippen molar-refractivity contribution in [2.24, 2.45) is 0 Å². The molecule has 1 saturated heterocycles. The first kappa shape index (κ1) is 11.9. The fourth-order valence-corrected chi connectivity index (χ4v) is 2.24. The molecule has 92 valence electrons. The van der Waals surface area contributed by atoms with Crippen molar-refractivity contribution in [1.29, 1.82) is 0 Å². The third kappa shape index (κ3) is 2.74. The maximum Gasteiger partial charge on any atom is 0.292 e. The van der Waals surface area contributed by atoms with Crippen molar-refractivity contribution in [3.05, 3.63) is 33.9 Å². The van der Waals surface area contributed by atoms with E-state index in [4.69, 9.17) is 0 Å². The lowest BCUT2D eigenvalue weighted by molar-refractivity contribution is -0.384. The second kappa shape index (κ2) is 5.14. The number of anilines is 1. The Morgan fingerprint density at radius 1 is 1.41 bits per heavy atom. The van der Waals surface area contributed by atoms with Gasteiger partial charge in [0.25, 0.3) is 5.69 Å². The number of hydrogen-bond donors (Lipinski definition) is 1. The molecule has 0 radical (unpaired) electrons. The molecule has 1 aliphatic heterocycles. The van der Waals surface area contributed by atoms with Gasteiger partial charge in [0.15, 0.2) is 0 Å². The Bertz CT molecular complexity index is 414. The molecule has 0 amide bonds. The van der Waals surface area contributed by atoms with Crippen LogP contribution in [0.1, 0.15) is 18.4 Å². The third-order valence-electron chi connectivity index (χ3n) is 3.13. The maximum absolute atomic E-state index is 10.8. The van der Waals surface area contributed by atoms with E-state index < -0.39 is 0 Å². The fourth-order valence-electron chi connectivity index (χ4n) is 2.24. The SMILES string of the molecule is CNc1cc(CN2CCCC2)ccc1[N+](=O)[O-]. The van der Waals surface area contributed by atoms with Gasteiger partial charge in [-0.1, -0.05) is 6.07 Å². The number of nitro groups is 1. The molecule has 0 unspecified atom stereocenters. The van der Waals surface area contributed by atoms with E-state index in [9.17, 15) is 10.1 Å². The van der Waals surface area contributed by atoms with Crippen LogP contribution in [0.2, 0.25) is 0 Å². The van der Waals surface area contributed by atoms with Crippen LogP contribution in [0.5, 0.6) is 0 Å². The zero-order valence-electron chi connectivity index (χ0n) is 9.98. The predicted octanol–water partition coefficient (Wildman–Crippen LogP) is 2.23. The van der Waals surface area contributed by atoms with E-state index in [-0.39, 0.29) is 10.6 Å². The second-order valence-corrected chi connectivity index (χ2v) is 4.34. The number of likely N-dealkylation sites (tertiary alicyclic amines) is 1. The van der Waals surface area contributed by atoms with Crippen molar-refractivity contribution in [3.8, 4) is 0 Å². The zero-order valence-corrected chi connectivity index (χ0v) is 9.98. The first-order chi connectivity index (χ1) is 8.20. The molecule has 1 N–H and O–H groups in total. The molecule has 0 saturated carbocycles. The van der Waals surface area contributed by atoms with Crippen LogP contribution in [0.3, 0.4) is 0 Å². The number of nitro benzene ring substituents is 1. The molecule has 0 atom stereocenters. The van der Waals surface area contributed by atoms with Gasteiger partial charge in [-0.2, -0.15) is 0 Å². The molecular formula is C12H17N3O2. The average molecular weight is 235 g/mol. The van der Waals surface area contributed by atoms with E-state index >= 15 is 0 Å². The third-order valence-corrected chi connectivity index (χ3v) is 3.13. The van der Waals surface area contributed by atoms with E-state index in [1.807, 2.05) is 12.1 Å². The summed E-state index contributed by atoms with van der Waals surface area (Å²) < 4.78 is 0. The summed E-state index contributed by atoms with van der Waals surface area (Å²) in [5.41, 5.74) is 1.85. The lowest BCUT2D eigenvalue weighted by Gasteiger charge is -2.15. The largest absolute Gasteiger partial charge is 0.383 e. The van der Waals surface area contributed by atoms with Gasteiger partial charge in [-0.25, -0.2) is 0 Å². The Hall–Kier alpha value is -1.62. The molecular weight excluding hydrogens is 218 g/mol. The smallest absolute Gasteiger partial charge is 0.292 e. The van der Waals surface area contributed by atoms with Gasteiger partial charge in [-0.15, -0.1) is 0 Å². The molecule has 17 heavy (non-hydrogen) atoms. The molecule has 1 aromatic rings. The number of nitrogens with zero attached hydrogens (tertiary/aromatic N) is 2. The highest BCUT2D eigenvalue weighted by atomic mass is 16.6. The molecule has 1 fully saturated rings. The predicted molar refractivity (Wildman–Crippen MR) is 67.2 cm³/mol. The first-order valence-electron chi connectivity index (χ1n) is 5.88. The van der Waals surface area contributed by atoms with Crippen molar-refractivity contribution in [2.75, 3.05) is 25.5 Å². The van der Waals surface area contributed by atoms with Crippen LogP contribution in [0.25, 0.3) is 0 Å². The summed E-state index contributed by atoms with van der Waals surface area (Å²) in [6.07, 6.45) is 2.51. The Kier molecular flexibility index (Phi) is 3.58. The molecule has 1 aliphatic rings. The molecule has 0 bridgehead atoms. The van der Waals surface area contributed by atoms with Gasteiger partial charge in [0.1, 0.15) is 5.69 Å². The van der Waals surface area contributed by atoms with Crippen LogP contribution < -0.4 is 5.32 Å². The average Bonchev–Trinajstić information content (AvgIpc) is 2.81. The van der Waals surface area contributed by atoms with Crippen LogP contribution in [0.4, 0.5) is 11.4 Å². The van der Waals surface area contributed by atoms with Crippen LogP contribution in [-0.4, -0.2) is 30.0 Å². The van der Waals surface area contributed by atoms with E-state index in [0.29, 0.717) is 5.69 Å². The van der Waals surface area contributed by atoms with Gasteiger partial charge in [-0.05, 0) is 37.6 Å².